The maximum absolute atomic E-state index is 12.0. The molecular formula is C12H15NO2. The zero-order chi connectivity index (χ0) is 10.7. The molecule has 3 heteroatoms. The van der Waals surface area contributed by atoms with Crippen molar-refractivity contribution in [3.8, 4) is 5.75 Å². The molecule has 0 bridgehead atoms. The van der Waals surface area contributed by atoms with Crippen LogP contribution in [0.4, 0.5) is 0 Å². The van der Waals surface area contributed by atoms with Gasteiger partial charge in [-0.3, -0.25) is 4.79 Å². The fourth-order valence-corrected chi connectivity index (χ4v) is 1.66. The monoisotopic (exact) mass is 205 g/mol. The summed E-state index contributed by atoms with van der Waals surface area (Å²) in [6, 6.07) is 7.40. The van der Waals surface area contributed by atoms with E-state index in [0.29, 0.717) is 18.0 Å². The Morgan fingerprint density at radius 1 is 1.40 bits per heavy atom. The van der Waals surface area contributed by atoms with Crippen LogP contribution in [0, 0.1) is 0 Å². The van der Waals surface area contributed by atoms with Crippen molar-refractivity contribution >= 4 is 5.91 Å². The molecule has 0 N–H and O–H groups in total. The Morgan fingerprint density at radius 3 is 3.00 bits per heavy atom. The molecule has 2 rings (SSSR count). The summed E-state index contributed by atoms with van der Waals surface area (Å²) in [4.78, 5) is 13.7. The van der Waals surface area contributed by atoms with Gasteiger partial charge in [0.25, 0.3) is 5.91 Å². The lowest BCUT2D eigenvalue weighted by atomic mass is 10.1. The average molecular weight is 205 g/mol. The molecule has 0 saturated heterocycles. The van der Waals surface area contributed by atoms with E-state index in [0.717, 1.165) is 19.4 Å². The van der Waals surface area contributed by atoms with Crippen molar-refractivity contribution in [2.45, 2.75) is 19.8 Å². The Labute approximate surface area is 89.7 Å². The van der Waals surface area contributed by atoms with E-state index in [2.05, 4.69) is 6.92 Å². The molecule has 0 aromatic heterocycles. The van der Waals surface area contributed by atoms with E-state index in [4.69, 9.17) is 4.74 Å². The van der Waals surface area contributed by atoms with Crippen LogP contribution in [0.1, 0.15) is 30.1 Å². The van der Waals surface area contributed by atoms with Gasteiger partial charge in [0, 0.05) is 6.54 Å². The molecule has 0 unspecified atom stereocenters. The Bertz CT molecular complexity index is 362. The van der Waals surface area contributed by atoms with E-state index < -0.39 is 0 Å². The molecule has 1 amide bonds. The highest BCUT2D eigenvalue weighted by Gasteiger charge is 2.24. The molecule has 1 heterocycles. The van der Waals surface area contributed by atoms with Gasteiger partial charge in [-0.25, -0.2) is 0 Å². The van der Waals surface area contributed by atoms with Gasteiger partial charge < -0.3 is 9.64 Å². The third-order valence-corrected chi connectivity index (χ3v) is 2.56. The molecule has 0 saturated carbocycles. The molecule has 0 atom stereocenters. The predicted molar refractivity (Wildman–Crippen MR) is 57.9 cm³/mol. The fourth-order valence-electron chi connectivity index (χ4n) is 1.66. The first-order chi connectivity index (χ1) is 7.33. The van der Waals surface area contributed by atoms with Crippen molar-refractivity contribution < 1.29 is 9.53 Å². The third-order valence-electron chi connectivity index (χ3n) is 2.56. The van der Waals surface area contributed by atoms with Crippen molar-refractivity contribution in [3.05, 3.63) is 29.8 Å². The van der Waals surface area contributed by atoms with E-state index >= 15 is 0 Å². The van der Waals surface area contributed by atoms with E-state index in [1.54, 1.807) is 4.90 Å². The van der Waals surface area contributed by atoms with Crippen LogP contribution in [0.15, 0.2) is 24.3 Å². The predicted octanol–water partition coefficient (Wildman–Crippen LogP) is 2.28. The van der Waals surface area contributed by atoms with Crippen molar-refractivity contribution in [2.24, 2.45) is 0 Å². The van der Waals surface area contributed by atoms with Gasteiger partial charge in [-0.2, -0.15) is 0 Å². The van der Waals surface area contributed by atoms with Crippen LogP contribution in [0.5, 0.6) is 5.75 Å². The molecule has 0 spiro atoms. The fraction of sp³-hybridized carbons (Fsp3) is 0.417. The molecule has 0 aliphatic carbocycles. The van der Waals surface area contributed by atoms with Gasteiger partial charge in [0.15, 0.2) is 6.73 Å². The number of carbonyl (C=O) groups is 1. The second-order valence-corrected chi connectivity index (χ2v) is 3.69. The van der Waals surface area contributed by atoms with E-state index in [1.807, 2.05) is 24.3 Å². The summed E-state index contributed by atoms with van der Waals surface area (Å²) in [5, 5.41) is 0. The lowest BCUT2D eigenvalue weighted by Crippen LogP contribution is -2.39. The Morgan fingerprint density at radius 2 is 2.20 bits per heavy atom. The largest absolute Gasteiger partial charge is 0.472 e. The van der Waals surface area contributed by atoms with Gasteiger partial charge in [-0.05, 0) is 18.6 Å². The SMILES string of the molecule is CCCCN1COc2ccccc2C1=O. The number of rotatable bonds is 3. The molecule has 80 valence electrons. The molecule has 0 radical (unpaired) electrons. The minimum absolute atomic E-state index is 0.0882. The standard InChI is InChI=1S/C12H15NO2/c1-2-3-8-13-9-15-11-7-5-4-6-10(11)12(13)14/h4-7H,2-3,8-9H2,1H3. The molecule has 1 aliphatic rings. The van der Waals surface area contributed by atoms with Crippen LogP contribution in [0.2, 0.25) is 0 Å². The molecule has 1 aromatic carbocycles. The molecule has 1 aromatic rings. The molecule has 1 aliphatic heterocycles. The number of hydrogen-bond acceptors (Lipinski definition) is 2. The Kier molecular flexibility index (Phi) is 2.90. The van der Waals surface area contributed by atoms with Crippen molar-refractivity contribution in [1.82, 2.24) is 4.90 Å². The van der Waals surface area contributed by atoms with Crippen LogP contribution in [-0.4, -0.2) is 24.1 Å². The van der Waals surface area contributed by atoms with Crippen LogP contribution < -0.4 is 4.74 Å². The number of nitrogens with zero attached hydrogens (tertiary/aromatic N) is 1. The number of ether oxygens (including phenoxy) is 1. The van der Waals surface area contributed by atoms with Gasteiger partial charge in [-0.1, -0.05) is 25.5 Å². The third kappa shape index (κ3) is 1.96. The number of amides is 1. The highest BCUT2D eigenvalue weighted by molar-refractivity contribution is 5.97. The lowest BCUT2D eigenvalue weighted by molar-refractivity contribution is 0.0518. The molecule has 3 nitrogen and oxygen atoms in total. The summed E-state index contributed by atoms with van der Waals surface area (Å²) < 4.78 is 5.51. The van der Waals surface area contributed by atoms with Gasteiger partial charge >= 0.3 is 0 Å². The summed E-state index contributed by atoms with van der Waals surface area (Å²) in [5.74, 6) is 0.792. The Balaban J connectivity index is 2.15. The maximum Gasteiger partial charge on any atom is 0.260 e. The van der Waals surface area contributed by atoms with E-state index in [-0.39, 0.29) is 5.91 Å². The van der Waals surface area contributed by atoms with E-state index in [1.165, 1.54) is 0 Å². The minimum Gasteiger partial charge on any atom is -0.472 e. The van der Waals surface area contributed by atoms with Gasteiger partial charge in [0.2, 0.25) is 0 Å². The van der Waals surface area contributed by atoms with Gasteiger partial charge in [-0.15, -0.1) is 0 Å². The highest BCUT2D eigenvalue weighted by Crippen LogP contribution is 2.24. The maximum atomic E-state index is 12.0. The molecule has 15 heavy (non-hydrogen) atoms. The normalized spacial score (nSPS) is 14.7. The van der Waals surface area contributed by atoms with Crippen LogP contribution in [0.3, 0.4) is 0 Å². The number of fused-ring (bicyclic) bond motifs is 1. The van der Waals surface area contributed by atoms with Crippen molar-refractivity contribution in [1.29, 1.82) is 0 Å². The summed E-state index contributed by atoms with van der Waals surface area (Å²) >= 11 is 0. The second-order valence-electron chi connectivity index (χ2n) is 3.69. The molecule has 0 fully saturated rings. The van der Waals surface area contributed by atoms with Crippen LogP contribution >= 0.6 is 0 Å². The number of carbonyl (C=O) groups excluding carboxylic acids is 1. The lowest BCUT2D eigenvalue weighted by Gasteiger charge is -2.28. The van der Waals surface area contributed by atoms with Crippen molar-refractivity contribution in [2.75, 3.05) is 13.3 Å². The van der Waals surface area contributed by atoms with Crippen LogP contribution in [0.25, 0.3) is 0 Å². The summed E-state index contributed by atoms with van der Waals surface area (Å²) in [5.41, 5.74) is 0.680. The number of unbranched alkanes of at least 4 members (excludes halogenated alkanes) is 1. The Hall–Kier alpha value is -1.51. The first kappa shape index (κ1) is 10.0. The summed E-state index contributed by atoms with van der Waals surface area (Å²) in [7, 11) is 0. The first-order valence-electron chi connectivity index (χ1n) is 5.34. The van der Waals surface area contributed by atoms with Crippen LogP contribution in [-0.2, 0) is 0 Å². The van der Waals surface area contributed by atoms with Crippen molar-refractivity contribution in [3.63, 3.8) is 0 Å². The first-order valence-corrected chi connectivity index (χ1v) is 5.34. The average Bonchev–Trinajstić information content (AvgIpc) is 2.29. The number of hydrogen-bond donors (Lipinski definition) is 0. The number of para-hydroxylation sites is 1. The minimum atomic E-state index is 0.0882. The highest BCUT2D eigenvalue weighted by atomic mass is 16.5. The zero-order valence-corrected chi connectivity index (χ0v) is 8.90. The topological polar surface area (TPSA) is 29.5 Å². The zero-order valence-electron chi connectivity index (χ0n) is 8.90. The smallest absolute Gasteiger partial charge is 0.260 e. The number of benzene rings is 1. The quantitative estimate of drug-likeness (QED) is 0.757. The van der Waals surface area contributed by atoms with E-state index in [9.17, 15) is 4.79 Å². The summed E-state index contributed by atoms with van der Waals surface area (Å²) in [6.45, 7) is 3.28. The van der Waals surface area contributed by atoms with Gasteiger partial charge in [0.1, 0.15) is 5.75 Å². The van der Waals surface area contributed by atoms with Gasteiger partial charge in [0.05, 0.1) is 5.56 Å². The second kappa shape index (κ2) is 4.34. The summed E-state index contributed by atoms with van der Waals surface area (Å²) in [6.07, 6.45) is 2.11. The molecular weight excluding hydrogens is 190 g/mol.